The van der Waals surface area contributed by atoms with Crippen molar-refractivity contribution in [2.75, 3.05) is 19.8 Å². The van der Waals surface area contributed by atoms with Gasteiger partial charge in [-0.1, -0.05) is 6.07 Å². The van der Waals surface area contributed by atoms with Crippen LogP contribution >= 0.6 is 0 Å². The molecule has 4 heterocycles. The summed E-state index contributed by atoms with van der Waals surface area (Å²) in [7, 11) is 0. The average molecular weight is 398 g/mol. The molecule has 0 radical (unpaired) electrons. The number of piperidine rings is 1. The van der Waals surface area contributed by atoms with Crippen molar-refractivity contribution in [2.45, 2.75) is 37.5 Å². The molecule has 4 atom stereocenters. The average Bonchev–Trinajstić information content (AvgIpc) is 3.34. The minimum absolute atomic E-state index is 0.0724. The molecule has 9 heteroatoms. The molecule has 152 valence electrons. The summed E-state index contributed by atoms with van der Waals surface area (Å²) in [6.07, 6.45) is 0.257. The van der Waals surface area contributed by atoms with Crippen LogP contribution in [-0.4, -0.2) is 71.3 Å². The Morgan fingerprint density at radius 2 is 1.90 bits per heavy atom. The molecule has 0 bridgehead atoms. The third kappa shape index (κ3) is 2.88. The smallest absolute Gasteiger partial charge is 0.262 e. The highest BCUT2D eigenvalue weighted by atomic mass is 16.5. The molecule has 1 aromatic rings. The number of hydrogen-bond acceptors (Lipinski definition) is 7. The standard InChI is InChI=1S/C20H22N4O5/c21-14-7-23(16-9-29-8-13(14)16)6-10-1-2-11-12(5-10)20(28)24(19(11)27)15-3-4-17(25)22-18(15)26/h1-2,5,13-16H,3-4,6-9,21H2,(H,22,25,26). The molecule has 4 unspecified atom stereocenters. The number of carbonyl (C=O) groups excluding carboxylic acids is 4. The quantitative estimate of drug-likeness (QED) is 0.642. The molecule has 4 amide bonds. The minimum Gasteiger partial charge on any atom is -0.379 e. The molecule has 9 nitrogen and oxygen atoms in total. The second-order valence-electron chi connectivity index (χ2n) is 8.19. The van der Waals surface area contributed by atoms with E-state index in [2.05, 4.69) is 10.2 Å². The molecule has 4 aliphatic heterocycles. The Morgan fingerprint density at radius 3 is 2.69 bits per heavy atom. The maximum atomic E-state index is 12.9. The van der Waals surface area contributed by atoms with E-state index >= 15 is 0 Å². The Bertz CT molecular complexity index is 931. The SMILES string of the molecule is NC1CN(Cc2ccc3c(c2)C(=O)N(C2CCC(=O)NC2=O)C3=O)C2COCC12. The van der Waals surface area contributed by atoms with Crippen LogP contribution in [0.15, 0.2) is 18.2 Å². The van der Waals surface area contributed by atoms with Gasteiger partial charge in [0.2, 0.25) is 11.8 Å². The number of carbonyl (C=O) groups is 4. The monoisotopic (exact) mass is 398 g/mol. The van der Waals surface area contributed by atoms with Gasteiger partial charge in [-0.25, -0.2) is 0 Å². The third-order valence-electron chi connectivity index (χ3n) is 6.45. The number of likely N-dealkylation sites (tertiary alicyclic amines) is 1. The van der Waals surface area contributed by atoms with Crippen LogP contribution in [0.1, 0.15) is 39.1 Å². The first kappa shape index (κ1) is 18.4. The van der Waals surface area contributed by atoms with Crippen molar-refractivity contribution in [1.82, 2.24) is 15.1 Å². The van der Waals surface area contributed by atoms with Gasteiger partial charge in [-0.3, -0.25) is 34.3 Å². The van der Waals surface area contributed by atoms with Gasteiger partial charge >= 0.3 is 0 Å². The van der Waals surface area contributed by atoms with Crippen LogP contribution in [0, 0.1) is 5.92 Å². The molecule has 0 aromatic heterocycles. The predicted octanol–water partition coefficient (Wildman–Crippen LogP) is -0.754. The predicted molar refractivity (Wildman–Crippen MR) is 99.6 cm³/mol. The maximum absolute atomic E-state index is 12.9. The van der Waals surface area contributed by atoms with Crippen molar-refractivity contribution in [3.05, 3.63) is 34.9 Å². The summed E-state index contributed by atoms with van der Waals surface area (Å²) in [5.74, 6) is -1.63. The molecule has 29 heavy (non-hydrogen) atoms. The fraction of sp³-hybridized carbons (Fsp3) is 0.500. The second-order valence-corrected chi connectivity index (χ2v) is 8.19. The fourth-order valence-electron chi connectivity index (χ4n) is 4.92. The molecule has 3 N–H and O–H groups in total. The minimum atomic E-state index is -0.948. The van der Waals surface area contributed by atoms with E-state index in [0.717, 1.165) is 17.0 Å². The molecule has 0 aliphatic carbocycles. The van der Waals surface area contributed by atoms with Crippen molar-refractivity contribution in [1.29, 1.82) is 0 Å². The highest BCUT2D eigenvalue weighted by Crippen LogP contribution is 2.32. The number of amides is 4. The summed E-state index contributed by atoms with van der Waals surface area (Å²) in [6, 6.07) is 4.62. The highest BCUT2D eigenvalue weighted by Gasteiger charge is 2.46. The molecular weight excluding hydrogens is 376 g/mol. The van der Waals surface area contributed by atoms with Gasteiger partial charge < -0.3 is 10.5 Å². The molecular formula is C20H22N4O5. The van der Waals surface area contributed by atoms with Crippen LogP contribution in [0.25, 0.3) is 0 Å². The van der Waals surface area contributed by atoms with E-state index in [4.69, 9.17) is 10.5 Å². The van der Waals surface area contributed by atoms with Crippen LogP contribution in [0.2, 0.25) is 0 Å². The van der Waals surface area contributed by atoms with E-state index < -0.39 is 23.8 Å². The number of imide groups is 2. The summed E-state index contributed by atoms with van der Waals surface area (Å²) in [4.78, 5) is 52.5. The van der Waals surface area contributed by atoms with E-state index in [1.54, 1.807) is 12.1 Å². The number of benzene rings is 1. The van der Waals surface area contributed by atoms with Crippen molar-refractivity contribution in [3.63, 3.8) is 0 Å². The lowest BCUT2D eigenvalue weighted by Crippen LogP contribution is -2.54. The first-order valence-electron chi connectivity index (χ1n) is 9.86. The molecule has 5 rings (SSSR count). The van der Waals surface area contributed by atoms with Crippen molar-refractivity contribution in [2.24, 2.45) is 11.7 Å². The van der Waals surface area contributed by atoms with Crippen molar-refractivity contribution >= 4 is 23.6 Å². The zero-order chi connectivity index (χ0) is 20.3. The summed E-state index contributed by atoms with van der Waals surface area (Å²) < 4.78 is 5.56. The van der Waals surface area contributed by atoms with Gasteiger partial charge in [0.05, 0.1) is 24.3 Å². The lowest BCUT2D eigenvalue weighted by atomic mass is 10.0. The van der Waals surface area contributed by atoms with Crippen molar-refractivity contribution < 1.29 is 23.9 Å². The van der Waals surface area contributed by atoms with Crippen molar-refractivity contribution in [3.8, 4) is 0 Å². The molecule has 3 fully saturated rings. The number of fused-ring (bicyclic) bond motifs is 2. The molecule has 1 aromatic carbocycles. The van der Waals surface area contributed by atoms with Crippen LogP contribution in [-0.2, 0) is 20.9 Å². The number of ether oxygens (including phenoxy) is 1. The second kappa shape index (κ2) is 6.72. The molecule has 3 saturated heterocycles. The van der Waals surface area contributed by atoms with E-state index in [9.17, 15) is 19.2 Å². The molecule has 4 aliphatic rings. The number of nitrogens with one attached hydrogen (secondary N) is 1. The van der Waals surface area contributed by atoms with Crippen LogP contribution in [0.3, 0.4) is 0 Å². The highest BCUT2D eigenvalue weighted by molar-refractivity contribution is 6.23. The first-order chi connectivity index (χ1) is 13.9. The van der Waals surface area contributed by atoms with Gasteiger partial charge in [-0.15, -0.1) is 0 Å². The number of hydrogen-bond donors (Lipinski definition) is 2. The number of nitrogens with two attached hydrogens (primary N) is 1. The third-order valence-corrected chi connectivity index (χ3v) is 6.45. The van der Waals surface area contributed by atoms with E-state index in [1.807, 2.05) is 6.07 Å². The molecule has 0 spiro atoms. The largest absolute Gasteiger partial charge is 0.379 e. The Morgan fingerprint density at radius 1 is 1.10 bits per heavy atom. The summed E-state index contributed by atoms with van der Waals surface area (Å²) >= 11 is 0. The van der Waals surface area contributed by atoms with Crippen LogP contribution in [0.4, 0.5) is 0 Å². The number of rotatable bonds is 3. The van der Waals surface area contributed by atoms with Crippen LogP contribution in [0.5, 0.6) is 0 Å². The topological polar surface area (TPSA) is 122 Å². The zero-order valence-corrected chi connectivity index (χ0v) is 15.8. The van der Waals surface area contributed by atoms with Gasteiger partial charge in [-0.2, -0.15) is 0 Å². The Kier molecular flexibility index (Phi) is 4.27. The fourth-order valence-corrected chi connectivity index (χ4v) is 4.92. The summed E-state index contributed by atoms with van der Waals surface area (Å²) in [5, 5.41) is 2.20. The van der Waals surface area contributed by atoms with Crippen LogP contribution < -0.4 is 11.1 Å². The van der Waals surface area contributed by atoms with Gasteiger partial charge in [-0.05, 0) is 24.1 Å². The maximum Gasteiger partial charge on any atom is 0.262 e. The Hall–Kier alpha value is -2.62. The van der Waals surface area contributed by atoms with E-state index in [-0.39, 0.29) is 30.8 Å². The summed E-state index contributed by atoms with van der Waals surface area (Å²) in [6.45, 7) is 2.72. The lowest BCUT2D eigenvalue weighted by Gasteiger charge is -2.27. The normalized spacial score (nSPS) is 32.0. The lowest BCUT2D eigenvalue weighted by molar-refractivity contribution is -0.136. The zero-order valence-electron chi connectivity index (χ0n) is 15.8. The summed E-state index contributed by atoms with van der Waals surface area (Å²) in [5.41, 5.74) is 7.74. The Balaban J connectivity index is 1.37. The van der Waals surface area contributed by atoms with Gasteiger partial charge in [0.25, 0.3) is 11.8 Å². The van der Waals surface area contributed by atoms with Gasteiger partial charge in [0, 0.05) is 37.5 Å². The van der Waals surface area contributed by atoms with Gasteiger partial charge in [0.1, 0.15) is 6.04 Å². The van der Waals surface area contributed by atoms with E-state index in [0.29, 0.717) is 36.8 Å². The van der Waals surface area contributed by atoms with Gasteiger partial charge in [0.15, 0.2) is 0 Å². The first-order valence-corrected chi connectivity index (χ1v) is 9.86. The molecule has 0 saturated carbocycles. The van der Waals surface area contributed by atoms with E-state index in [1.165, 1.54) is 0 Å². The number of nitrogens with zero attached hydrogens (tertiary/aromatic N) is 2. The Labute approximate surface area is 167 Å².